The Kier molecular flexibility index (Phi) is 3.77. The van der Waals surface area contributed by atoms with E-state index in [-0.39, 0.29) is 12.1 Å². The second-order valence-corrected chi connectivity index (χ2v) is 8.95. The summed E-state index contributed by atoms with van der Waals surface area (Å²) in [5, 5.41) is 0. The number of carbonyl (C=O) groups is 1. The molecule has 22 heavy (non-hydrogen) atoms. The van der Waals surface area contributed by atoms with Crippen LogP contribution in [0.15, 0.2) is 0 Å². The summed E-state index contributed by atoms with van der Waals surface area (Å²) < 4.78 is 5.92. The zero-order valence-corrected chi connectivity index (χ0v) is 14.4. The van der Waals surface area contributed by atoms with Crippen LogP contribution in [0.3, 0.4) is 0 Å². The van der Waals surface area contributed by atoms with Crippen LogP contribution in [0.4, 0.5) is 0 Å². The lowest BCUT2D eigenvalue weighted by Crippen LogP contribution is -2.56. The fourth-order valence-corrected chi connectivity index (χ4v) is 7.20. The lowest BCUT2D eigenvalue weighted by Gasteiger charge is -2.60. The number of rotatable bonds is 1. The maximum absolute atomic E-state index is 11.7. The second-order valence-electron chi connectivity index (χ2n) is 8.95. The molecule has 0 heterocycles. The van der Waals surface area contributed by atoms with E-state index in [1.165, 1.54) is 57.8 Å². The van der Waals surface area contributed by atoms with Crippen molar-refractivity contribution < 1.29 is 9.53 Å². The van der Waals surface area contributed by atoms with Crippen molar-refractivity contribution in [2.75, 3.05) is 0 Å². The first kappa shape index (κ1) is 15.0. The van der Waals surface area contributed by atoms with E-state index in [2.05, 4.69) is 6.92 Å². The molecule has 4 aliphatic carbocycles. The molecule has 4 fully saturated rings. The monoisotopic (exact) mass is 304 g/mol. The van der Waals surface area contributed by atoms with Gasteiger partial charge in [0.1, 0.15) is 6.10 Å². The van der Waals surface area contributed by atoms with Crippen molar-refractivity contribution >= 4 is 5.97 Å². The normalized spacial score (nSPS) is 50.6. The van der Waals surface area contributed by atoms with Gasteiger partial charge < -0.3 is 4.74 Å². The fraction of sp³-hybridized carbons (Fsp3) is 0.950. The molecule has 4 rings (SSSR count). The van der Waals surface area contributed by atoms with Gasteiger partial charge in [0.2, 0.25) is 0 Å². The Morgan fingerprint density at radius 1 is 1.05 bits per heavy atom. The number of carbonyl (C=O) groups excluding carboxylic acids is 1. The molecule has 4 aliphatic rings. The molecule has 2 nitrogen and oxygen atoms in total. The average molecular weight is 304 g/mol. The summed E-state index contributed by atoms with van der Waals surface area (Å²) in [7, 11) is 0. The SMILES string of the molecule is CC(=O)OC1CC2CCCCC2(C)C2CCC3CCCC3C12. The van der Waals surface area contributed by atoms with Crippen LogP contribution in [-0.2, 0) is 9.53 Å². The molecule has 0 amide bonds. The van der Waals surface area contributed by atoms with E-state index >= 15 is 0 Å². The summed E-state index contributed by atoms with van der Waals surface area (Å²) in [6.07, 6.45) is 14.0. The van der Waals surface area contributed by atoms with Gasteiger partial charge in [-0.05, 0) is 67.6 Å². The Morgan fingerprint density at radius 2 is 1.91 bits per heavy atom. The highest BCUT2D eigenvalue weighted by molar-refractivity contribution is 5.66. The van der Waals surface area contributed by atoms with Crippen LogP contribution in [0.2, 0.25) is 0 Å². The van der Waals surface area contributed by atoms with Crippen LogP contribution >= 0.6 is 0 Å². The minimum absolute atomic E-state index is 0.0525. The maximum atomic E-state index is 11.7. The van der Waals surface area contributed by atoms with Crippen LogP contribution in [0, 0.1) is 35.0 Å². The van der Waals surface area contributed by atoms with Gasteiger partial charge in [-0.1, -0.05) is 32.6 Å². The van der Waals surface area contributed by atoms with E-state index in [4.69, 9.17) is 4.74 Å². The molecule has 0 aromatic rings. The van der Waals surface area contributed by atoms with E-state index < -0.39 is 0 Å². The van der Waals surface area contributed by atoms with Gasteiger partial charge >= 0.3 is 5.97 Å². The minimum Gasteiger partial charge on any atom is -0.462 e. The predicted octanol–water partition coefficient (Wildman–Crippen LogP) is 4.96. The van der Waals surface area contributed by atoms with Crippen LogP contribution in [-0.4, -0.2) is 12.1 Å². The molecule has 7 unspecified atom stereocenters. The first-order valence-electron chi connectivity index (χ1n) is 9.77. The Bertz CT molecular complexity index is 445. The van der Waals surface area contributed by atoms with Crippen molar-refractivity contribution in [1.82, 2.24) is 0 Å². The van der Waals surface area contributed by atoms with Crippen LogP contribution in [0.5, 0.6) is 0 Å². The molecule has 124 valence electrons. The molecule has 0 bridgehead atoms. The molecule has 0 saturated heterocycles. The van der Waals surface area contributed by atoms with E-state index in [0.717, 1.165) is 30.1 Å². The summed E-state index contributed by atoms with van der Waals surface area (Å²) in [5.74, 6) is 4.01. The molecular formula is C20H32O2. The molecule has 0 N–H and O–H groups in total. The molecular weight excluding hydrogens is 272 g/mol. The van der Waals surface area contributed by atoms with Crippen molar-refractivity contribution in [3.63, 3.8) is 0 Å². The maximum Gasteiger partial charge on any atom is 0.302 e. The highest BCUT2D eigenvalue weighted by Gasteiger charge is 2.58. The number of fused-ring (bicyclic) bond motifs is 5. The quantitative estimate of drug-likeness (QED) is 0.640. The van der Waals surface area contributed by atoms with E-state index in [1.807, 2.05) is 0 Å². The molecule has 2 heteroatoms. The number of hydrogen-bond donors (Lipinski definition) is 0. The third kappa shape index (κ3) is 2.24. The van der Waals surface area contributed by atoms with Crippen molar-refractivity contribution in [3.05, 3.63) is 0 Å². The van der Waals surface area contributed by atoms with Gasteiger partial charge in [0.25, 0.3) is 0 Å². The van der Waals surface area contributed by atoms with Crippen molar-refractivity contribution in [3.8, 4) is 0 Å². The van der Waals surface area contributed by atoms with Gasteiger partial charge in [0.15, 0.2) is 0 Å². The average Bonchev–Trinajstić information content (AvgIpc) is 2.95. The Labute approximate surface area is 135 Å². The van der Waals surface area contributed by atoms with Gasteiger partial charge in [-0.25, -0.2) is 0 Å². The molecule has 0 radical (unpaired) electrons. The number of hydrogen-bond acceptors (Lipinski definition) is 2. The highest BCUT2D eigenvalue weighted by atomic mass is 16.5. The van der Waals surface area contributed by atoms with Crippen LogP contribution < -0.4 is 0 Å². The summed E-state index contributed by atoms with van der Waals surface area (Å²) in [6, 6.07) is 0. The van der Waals surface area contributed by atoms with E-state index in [9.17, 15) is 4.79 Å². The Hall–Kier alpha value is -0.530. The van der Waals surface area contributed by atoms with Crippen molar-refractivity contribution in [2.24, 2.45) is 35.0 Å². The zero-order chi connectivity index (χ0) is 15.3. The lowest BCUT2D eigenvalue weighted by molar-refractivity contribution is -0.179. The standard InChI is InChI=1S/C20H32O2/c1-13(21)22-18-12-15-7-3-4-11-20(15,2)17-10-9-14-6-5-8-16(14)19(17)18/h14-19H,3-12H2,1-2H3. The van der Waals surface area contributed by atoms with Gasteiger partial charge in [0, 0.05) is 12.8 Å². The highest BCUT2D eigenvalue weighted by Crippen LogP contribution is 2.63. The first-order chi connectivity index (χ1) is 10.6. The third-order valence-electron chi connectivity index (χ3n) is 8.09. The second kappa shape index (κ2) is 5.53. The first-order valence-corrected chi connectivity index (χ1v) is 9.77. The summed E-state index contributed by atoms with van der Waals surface area (Å²) in [5.41, 5.74) is 0.535. The molecule has 4 saturated carbocycles. The molecule has 0 aliphatic heterocycles. The Balaban J connectivity index is 1.67. The topological polar surface area (TPSA) is 26.3 Å². The van der Waals surface area contributed by atoms with Crippen LogP contribution in [0.1, 0.15) is 78.1 Å². The number of esters is 1. The molecule has 0 aromatic heterocycles. The third-order valence-corrected chi connectivity index (χ3v) is 8.09. The van der Waals surface area contributed by atoms with Crippen molar-refractivity contribution in [1.29, 1.82) is 0 Å². The number of ether oxygens (including phenoxy) is 1. The van der Waals surface area contributed by atoms with Gasteiger partial charge in [-0.3, -0.25) is 4.79 Å². The molecule has 0 spiro atoms. The smallest absolute Gasteiger partial charge is 0.302 e. The summed E-state index contributed by atoms with van der Waals surface area (Å²) in [6.45, 7) is 4.20. The Morgan fingerprint density at radius 3 is 2.73 bits per heavy atom. The fourth-order valence-electron chi connectivity index (χ4n) is 7.20. The van der Waals surface area contributed by atoms with Gasteiger partial charge in [-0.2, -0.15) is 0 Å². The van der Waals surface area contributed by atoms with Crippen molar-refractivity contribution in [2.45, 2.75) is 84.2 Å². The summed E-state index contributed by atoms with van der Waals surface area (Å²) >= 11 is 0. The molecule has 0 aromatic carbocycles. The zero-order valence-electron chi connectivity index (χ0n) is 14.4. The van der Waals surface area contributed by atoms with Crippen LogP contribution in [0.25, 0.3) is 0 Å². The van der Waals surface area contributed by atoms with E-state index in [0.29, 0.717) is 11.3 Å². The predicted molar refractivity (Wildman–Crippen MR) is 87.3 cm³/mol. The van der Waals surface area contributed by atoms with E-state index in [1.54, 1.807) is 6.92 Å². The van der Waals surface area contributed by atoms with Gasteiger partial charge in [-0.15, -0.1) is 0 Å². The molecule has 7 atom stereocenters. The largest absolute Gasteiger partial charge is 0.462 e. The lowest BCUT2D eigenvalue weighted by atomic mass is 9.46. The van der Waals surface area contributed by atoms with Gasteiger partial charge in [0.05, 0.1) is 0 Å². The summed E-state index contributed by atoms with van der Waals surface area (Å²) in [4.78, 5) is 11.7. The minimum atomic E-state index is -0.0525.